The van der Waals surface area contributed by atoms with E-state index >= 15 is 0 Å². The molecule has 6 nitrogen and oxygen atoms in total. The van der Waals surface area contributed by atoms with Gasteiger partial charge in [0.25, 0.3) is 0 Å². The molecule has 166 valence electrons. The second-order valence-electron chi connectivity index (χ2n) is 7.76. The zero-order valence-corrected chi connectivity index (χ0v) is 20.6. The maximum Gasteiger partial charge on any atom is 0.307 e. The van der Waals surface area contributed by atoms with Gasteiger partial charge >= 0.3 is 5.97 Å². The Morgan fingerprint density at radius 3 is 2.66 bits per heavy atom. The van der Waals surface area contributed by atoms with Gasteiger partial charge < -0.3 is 19.5 Å². The zero-order valence-electron chi connectivity index (χ0n) is 18.2. The number of thiocarbonyl (C=S) groups is 1. The lowest BCUT2D eigenvalue weighted by Gasteiger charge is -2.28. The molecular weight excluding hydrogens is 488 g/mol. The molecule has 1 saturated heterocycles. The summed E-state index contributed by atoms with van der Waals surface area (Å²) in [5, 5.41) is 4.05. The highest BCUT2D eigenvalue weighted by molar-refractivity contribution is 9.10. The molecule has 1 aliphatic heterocycles. The van der Waals surface area contributed by atoms with E-state index in [4.69, 9.17) is 17.0 Å². The predicted octanol–water partition coefficient (Wildman–Crippen LogP) is 4.79. The van der Waals surface area contributed by atoms with Crippen LogP contribution in [0.5, 0.6) is 0 Å². The molecule has 1 aliphatic rings. The van der Waals surface area contributed by atoms with Crippen LogP contribution in [0.2, 0.25) is 0 Å². The minimum absolute atomic E-state index is 0.107. The normalized spacial score (nSPS) is 18.0. The number of benzene rings is 1. The summed E-state index contributed by atoms with van der Waals surface area (Å²) < 4.78 is 8.13. The van der Waals surface area contributed by atoms with Crippen LogP contribution in [0.3, 0.4) is 0 Å². The molecule has 0 radical (unpaired) electrons. The first-order chi connectivity index (χ1) is 15.4. The minimum atomic E-state index is -0.258. The number of carbonyl (C=O) groups is 1. The number of halogens is 1. The van der Waals surface area contributed by atoms with Gasteiger partial charge in [0, 0.05) is 28.6 Å². The number of aromatic nitrogens is 2. The third-order valence-corrected chi connectivity index (χ3v) is 6.89. The number of hydrogen-bond donors (Lipinski definition) is 1. The standard InChI is InChI=1S/C24H25BrN4O2S/c1-15-14-17(16(2)29(15)20-10-5-4-8-18(20)25)23-22(19-9-6-7-12-26-19)27-24(32)28(23)13-11-21(30)31-3/h4-10,12,14,22-23H,11,13H2,1-3H3,(H,27,32)/t22-,23+/m0/s1. The van der Waals surface area contributed by atoms with Crippen molar-refractivity contribution in [1.82, 2.24) is 19.8 Å². The van der Waals surface area contributed by atoms with Crippen LogP contribution in [-0.4, -0.2) is 39.2 Å². The molecule has 0 aliphatic carbocycles. The number of rotatable bonds is 6. The number of carbonyl (C=O) groups excluding carboxylic acids is 1. The molecule has 1 fully saturated rings. The fourth-order valence-corrected chi connectivity index (χ4v) is 5.18. The number of pyridine rings is 1. The van der Waals surface area contributed by atoms with E-state index in [1.54, 1.807) is 6.20 Å². The van der Waals surface area contributed by atoms with Crippen LogP contribution >= 0.6 is 28.1 Å². The predicted molar refractivity (Wildman–Crippen MR) is 132 cm³/mol. The Morgan fingerprint density at radius 2 is 1.97 bits per heavy atom. The maximum absolute atomic E-state index is 11.9. The van der Waals surface area contributed by atoms with E-state index in [0.717, 1.165) is 32.8 Å². The highest BCUT2D eigenvalue weighted by Gasteiger charge is 2.41. The number of hydrogen-bond acceptors (Lipinski definition) is 4. The van der Waals surface area contributed by atoms with Gasteiger partial charge in [0.2, 0.25) is 0 Å². The van der Waals surface area contributed by atoms with Crippen molar-refractivity contribution in [2.75, 3.05) is 13.7 Å². The zero-order chi connectivity index (χ0) is 22.8. The average Bonchev–Trinajstić information content (AvgIpc) is 3.28. The molecule has 0 unspecified atom stereocenters. The Hall–Kier alpha value is -2.71. The van der Waals surface area contributed by atoms with Crippen LogP contribution in [0.4, 0.5) is 0 Å². The van der Waals surface area contributed by atoms with E-state index in [-0.39, 0.29) is 24.5 Å². The highest BCUT2D eigenvalue weighted by Crippen LogP contribution is 2.41. The van der Waals surface area contributed by atoms with Crippen molar-refractivity contribution in [3.8, 4) is 5.69 Å². The van der Waals surface area contributed by atoms with Crippen molar-refractivity contribution >= 4 is 39.2 Å². The van der Waals surface area contributed by atoms with Crippen molar-refractivity contribution in [2.45, 2.75) is 32.4 Å². The van der Waals surface area contributed by atoms with Crippen molar-refractivity contribution in [1.29, 1.82) is 0 Å². The van der Waals surface area contributed by atoms with E-state index in [2.05, 4.69) is 61.7 Å². The van der Waals surface area contributed by atoms with Crippen molar-refractivity contribution in [3.05, 3.63) is 81.8 Å². The Labute approximate surface area is 201 Å². The average molecular weight is 513 g/mol. The number of nitrogens with zero attached hydrogens (tertiary/aromatic N) is 3. The summed E-state index contributed by atoms with van der Waals surface area (Å²) in [4.78, 5) is 18.6. The number of ether oxygens (including phenoxy) is 1. The molecule has 4 rings (SSSR count). The molecule has 32 heavy (non-hydrogen) atoms. The molecule has 3 heterocycles. The minimum Gasteiger partial charge on any atom is -0.469 e. The van der Waals surface area contributed by atoms with Crippen molar-refractivity contribution < 1.29 is 9.53 Å². The first-order valence-corrected chi connectivity index (χ1v) is 11.6. The molecule has 2 atom stereocenters. The van der Waals surface area contributed by atoms with Gasteiger partial charge in [0.1, 0.15) is 0 Å². The van der Waals surface area contributed by atoms with E-state index in [0.29, 0.717) is 11.7 Å². The number of aryl methyl sites for hydroxylation is 1. The van der Waals surface area contributed by atoms with Crippen molar-refractivity contribution in [2.24, 2.45) is 0 Å². The van der Waals surface area contributed by atoms with E-state index < -0.39 is 0 Å². The molecular formula is C24H25BrN4O2S. The van der Waals surface area contributed by atoms with Crippen LogP contribution in [0.15, 0.2) is 59.2 Å². The quantitative estimate of drug-likeness (QED) is 0.378. The van der Waals surface area contributed by atoms with Crippen LogP contribution in [0.1, 0.15) is 41.1 Å². The lowest BCUT2D eigenvalue weighted by atomic mass is 9.96. The first kappa shape index (κ1) is 22.5. The summed E-state index contributed by atoms with van der Waals surface area (Å²) in [6, 6.07) is 16.0. The summed E-state index contributed by atoms with van der Waals surface area (Å²) in [5.41, 5.74) is 5.37. The summed E-state index contributed by atoms with van der Waals surface area (Å²) in [7, 11) is 1.41. The Balaban J connectivity index is 1.81. The second-order valence-corrected chi connectivity index (χ2v) is 9.00. The van der Waals surface area contributed by atoms with Crippen LogP contribution in [-0.2, 0) is 9.53 Å². The lowest BCUT2D eigenvalue weighted by molar-refractivity contribution is -0.140. The van der Waals surface area contributed by atoms with Crippen LogP contribution < -0.4 is 5.32 Å². The van der Waals surface area contributed by atoms with E-state index in [1.165, 1.54) is 7.11 Å². The summed E-state index contributed by atoms with van der Waals surface area (Å²) in [6.45, 7) is 4.69. The van der Waals surface area contributed by atoms with Gasteiger partial charge in [-0.25, -0.2) is 0 Å². The number of esters is 1. The van der Waals surface area contributed by atoms with E-state index in [1.807, 2.05) is 36.4 Å². The Morgan fingerprint density at radius 1 is 1.22 bits per heavy atom. The SMILES string of the molecule is COC(=O)CCN1C(=S)N[C@@H](c2ccccn2)[C@H]1c1cc(C)n(-c2ccccc2Br)c1C. The number of para-hydroxylation sites is 1. The van der Waals surface area contributed by atoms with Gasteiger partial charge in [-0.2, -0.15) is 0 Å². The molecule has 0 saturated carbocycles. The van der Waals surface area contributed by atoms with Gasteiger partial charge in [0.05, 0.1) is 37.0 Å². The molecule has 1 N–H and O–H groups in total. The molecule has 2 aromatic heterocycles. The fraction of sp³-hybridized carbons (Fsp3) is 0.292. The Bertz CT molecular complexity index is 1150. The van der Waals surface area contributed by atoms with Gasteiger partial charge in [-0.1, -0.05) is 18.2 Å². The third-order valence-electron chi connectivity index (χ3n) is 5.86. The largest absolute Gasteiger partial charge is 0.469 e. The highest BCUT2D eigenvalue weighted by atomic mass is 79.9. The smallest absolute Gasteiger partial charge is 0.307 e. The van der Waals surface area contributed by atoms with Crippen LogP contribution in [0, 0.1) is 13.8 Å². The third kappa shape index (κ3) is 4.17. The molecule has 0 amide bonds. The number of methoxy groups -OCH3 is 1. The van der Waals surface area contributed by atoms with E-state index in [9.17, 15) is 4.79 Å². The van der Waals surface area contributed by atoms with Gasteiger partial charge in [-0.15, -0.1) is 0 Å². The topological polar surface area (TPSA) is 59.4 Å². The van der Waals surface area contributed by atoms with Gasteiger partial charge in [-0.05, 0) is 77.9 Å². The Kier molecular flexibility index (Phi) is 6.62. The molecule has 0 bridgehead atoms. The first-order valence-electron chi connectivity index (χ1n) is 10.4. The van der Waals surface area contributed by atoms with Crippen LogP contribution in [0.25, 0.3) is 5.69 Å². The number of nitrogens with one attached hydrogen (secondary N) is 1. The summed E-state index contributed by atoms with van der Waals surface area (Å²) in [6.07, 6.45) is 2.05. The lowest BCUT2D eigenvalue weighted by Crippen LogP contribution is -2.32. The molecule has 8 heteroatoms. The monoisotopic (exact) mass is 512 g/mol. The second kappa shape index (κ2) is 9.42. The molecule has 3 aromatic rings. The van der Waals surface area contributed by atoms with Crippen molar-refractivity contribution in [3.63, 3.8) is 0 Å². The van der Waals surface area contributed by atoms with Gasteiger partial charge in [0.15, 0.2) is 5.11 Å². The van der Waals surface area contributed by atoms with Gasteiger partial charge in [-0.3, -0.25) is 9.78 Å². The summed E-state index contributed by atoms with van der Waals surface area (Å²) >= 11 is 9.39. The molecule has 0 spiro atoms. The summed E-state index contributed by atoms with van der Waals surface area (Å²) in [5.74, 6) is -0.258. The molecule has 1 aromatic carbocycles. The fourth-order valence-electron chi connectivity index (χ4n) is 4.39. The maximum atomic E-state index is 11.9.